The van der Waals surface area contributed by atoms with E-state index in [1.54, 1.807) is 24.3 Å². The van der Waals surface area contributed by atoms with Gasteiger partial charge in [0.25, 0.3) is 0 Å². The Balaban J connectivity index is 3.12. The molecule has 0 saturated heterocycles. The summed E-state index contributed by atoms with van der Waals surface area (Å²) in [5.41, 5.74) is 7.92. The van der Waals surface area contributed by atoms with Crippen molar-refractivity contribution in [2.45, 2.75) is 0 Å². The maximum atomic E-state index is 7.14. The van der Waals surface area contributed by atoms with Crippen LogP contribution >= 0.6 is 0 Å². The number of hydrogen-bond acceptors (Lipinski definition) is 1. The van der Waals surface area contributed by atoms with E-state index in [0.29, 0.717) is 16.2 Å². The largest absolute Gasteiger partial charge is 0.449 e. The molecule has 0 aliphatic rings. The van der Waals surface area contributed by atoms with Crippen LogP contribution in [0.2, 0.25) is 0 Å². The Kier molecular flexibility index (Phi) is 2.05. The highest BCUT2D eigenvalue weighted by molar-refractivity contribution is 5.43. The third kappa shape index (κ3) is 1.57. The predicted octanol–water partition coefficient (Wildman–Crippen LogP) is 2.64. The third-order valence-electron chi connectivity index (χ3n) is 1.40. The standard InChI is InChI=1S/C7H9N5/c1-11(8)6-3-2-4-7(5-6)12(9)10/h2-5,8-10H,1H2. The molecule has 62 valence electrons. The Bertz CT molecular complexity index is 301. The Morgan fingerprint density at radius 1 is 1.25 bits per heavy atom. The maximum absolute atomic E-state index is 7.14. The fraction of sp³-hybridized carbons (Fsp3) is 0. The summed E-state index contributed by atoms with van der Waals surface area (Å²) in [5, 5.41) is 0. The van der Waals surface area contributed by atoms with Gasteiger partial charge in [0, 0.05) is 12.1 Å². The zero-order valence-corrected chi connectivity index (χ0v) is 6.41. The van der Waals surface area contributed by atoms with Crippen molar-refractivity contribution in [3.63, 3.8) is 0 Å². The topological polar surface area (TPSA) is 77.5 Å². The van der Waals surface area contributed by atoms with Gasteiger partial charge in [-0.25, -0.2) is 16.1 Å². The third-order valence-corrected chi connectivity index (χ3v) is 1.40. The zero-order chi connectivity index (χ0) is 9.14. The van der Waals surface area contributed by atoms with E-state index < -0.39 is 0 Å². The summed E-state index contributed by atoms with van der Waals surface area (Å²) in [7, 11) is 0. The van der Waals surface area contributed by atoms with Gasteiger partial charge in [-0.3, -0.25) is 0 Å². The van der Waals surface area contributed by atoms with Crippen LogP contribution in [0.25, 0.3) is 11.7 Å². The lowest BCUT2D eigenvalue weighted by atomic mass is 10.3. The van der Waals surface area contributed by atoms with Crippen molar-refractivity contribution in [1.29, 1.82) is 5.53 Å². The highest BCUT2D eigenvalue weighted by Crippen LogP contribution is 2.18. The number of benzene rings is 1. The van der Waals surface area contributed by atoms with Crippen LogP contribution in [-0.4, -0.2) is 16.2 Å². The van der Waals surface area contributed by atoms with Crippen molar-refractivity contribution in [3.8, 4) is 0 Å². The molecule has 0 spiro atoms. The van der Waals surface area contributed by atoms with Gasteiger partial charge in [0.15, 0.2) is 0 Å². The van der Waals surface area contributed by atoms with Crippen molar-refractivity contribution < 1.29 is 9.49 Å². The minimum Gasteiger partial charge on any atom is -0.449 e. The van der Waals surface area contributed by atoms with E-state index >= 15 is 0 Å². The van der Waals surface area contributed by atoms with Crippen LogP contribution < -0.4 is 0 Å². The van der Waals surface area contributed by atoms with E-state index in [0.717, 1.165) is 4.68 Å². The van der Waals surface area contributed by atoms with Crippen molar-refractivity contribution in [2.24, 2.45) is 0 Å². The second kappa shape index (κ2) is 3.00. The molecule has 1 aromatic carbocycles. The molecule has 0 radical (unpaired) electrons. The van der Waals surface area contributed by atoms with Crippen molar-refractivity contribution in [3.05, 3.63) is 36.0 Å². The molecule has 5 nitrogen and oxygen atoms in total. The lowest BCUT2D eigenvalue weighted by Gasteiger charge is -2.00. The fourth-order valence-corrected chi connectivity index (χ4v) is 0.800. The second-order valence-electron chi connectivity index (χ2n) is 2.28. The number of nitrogens with zero attached hydrogens (tertiary/aromatic N) is 2. The van der Waals surface area contributed by atoms with Gasteiger partial charge in [-0.05, 0) is 6.07 Å². The van der Waals surface area contributed by atoms with E-state index in [1.807, 2.05) is 0 Å². The van der Waals surface area contributed by atoms with Crippen molar-refractivity contribution in [2.75, 3.05) is 0 Å². The molecule has 3 N–H and O–H groups in total. The molecule has 12 heavy (non-hydrogen) atoms. The van der Waals surface area contributed by atoms with E-state index in [4.69, 9.17) is 17.2 Å². The monoisotopic (exact) mass is 163 g/mol. The summed E-state index contributed by atoms with van der Waals surface area (Å²) in [5.74, 6) is 14.1. The average Bonchev–Trinajstić information content (AvgIpc) is 2.04. The molecular weight excluding hydrogens is 154 g/mol. The fourth-order valence-electron chi connectivity index (χ4n) is 0.800. The van der Waals surface area contributed by atoms with Crippen LogP contribution in [0.3, 0.4) is 0 Å². The molecule has 0 heterocycles. The molecular formula is C7H9N5. The van der Waals surface area contributed by atoms with E-state index in [-0.39, 0.29) is 0 Å². The van der Waals surface area contributed by atoms with Gasteiger partial charge in [-0.15, -0.1) is 4.81 Å². The molecule has 0 bridgehead atoms. The van der Waals surface area contributed by atoms with Crippen LogP contribution in [0, 0.1) is 5.53 Å². The van der Waals surface area contributed by atoms with E-state index in [2.05, 4.69) is 6.72 Å². The Morgan fingerprint density at radius 3 is 2.33 bits per heavy atom. The Labute approximate surface area is 70.0 Å². The first kappa shape index (κ1) is 8.19. The van der Waals surface area contributed by atoms with Gasteiger partial charge in [-0.2, -0.15) is 0 Å². The summed E-state index contributed by atoms with van der Waals surface area (Å²) in [6.45, 7) is 3.37. The first-order chi connectivity index (χ1) is 5.61. The summed E-state index contributed by atoms with van der Waals surface area (Å²) in [6, 6.07) is 6.52. The van der Waals surface area contributed by atoms with Gasteiger partial charge in [0.2, 0.25) is 11.4 Å². The van der Waals surface area contributed by atoms with Crippen LogP contribution in [0.4, 0.5) is 11.4 Å². The van der Waals surface area contributed by atoms with Crippen LogP contribution in [0.15, 0.2) is 24.3 Å². The number of rotatable bonds is 2. The molecule has 0 atom stereocenters. The molecule has 0 amide bonds. The Hall–Kier alpha value is -1.91. The normalized spacial score (nSPS) is 9.33. The van der Waals surface area contributed by atoms with Gasteiger partial charge in [0.1, 0.15) is 6.72 Å². The molecule has 0 saturated carbocycles. The van der Waals surface area contributed by atoms with Crippen molar-refractivity contribution >= 4 is 18.1 Å². The van der Waals surface area contributed by atoms with Crippen LogP contribution in [0.1, 0.15) is 0 Å². The summed E-state index contributed by atoms with van der Waals surface area (Å²) < 4.78 is 0.938. The minimum atomic E-state index is 0.411. The summed E-state index contributed by atoms with van der Waals surface area (Å²) in [4.78, 5) is 0.493. The average molecular weight is 163 g/mol. The maximum Gasteiger partial charge on any atom is 0.231 e. The van der Waals surface area contributed by atoms with Gasteiger partial charge >= 0.3 is 0 Å². The molecule has 0 aliphatic carbocycles. The minimum absolute atomic E-state index is 0.411. The molecule has 0 unspecified atom stereocenters. The zero-order valence-electron chi connectivity index (χ0n) is 6.41. The summed E-state index contributed by atoms with van der Waals surface area (Å²) >= 11 is 0. The van der Waals surface area contributed by atoms with Gasteiger partial charge < -0.3 is 5.84 Å². The molecule has 0 aromatic heterocycles. The van der Waals surface area contributed by atoms with Gasteiger partial charge in [0.05, 0.1) is 6.07 Å². The van der Waals surface area contributed by atoms with E-state index in [1.165, 1.54) is 0 Å². The highest BCUT2D eigenvalue weighted by atomic mass is 15.4. The first-order valence-electron chi connectivity index (χ1n) is 3.26. The number of nitrogens with one attached hydrogen (secondary N) is 3. The molecule has 1 aromatic rings. The number of hydrogen-bond donors (Lipinski definition) is 1. The smallest absolute Gasteiger partial charge is 0.231 e. The summed E-state index contributed by atoms with van der Waals surface area (Å²) in [6.07, 6.45) is 0. The van der Waals surface area contributed by atoms with Crippen LogP contribution in [-0.2, 0) is 0 Å². The first-order valence-corrected chi connectivity index (χ1v) is 3.26. The molecule has 0 aliphatic heterocycles. The lowest BCUT2D eigenvalue weighted by Crippen LogP contribution is -1.89. The Morgan fingerprint density at radius 2 is 1.83 bits per heavy atom. The van der Waals surface area contributed by atoms with E-state index in [9.17, 15) is 0 Å². The molecule has 1 rings (SSSR count). The van der Waals surface area contributed by atoms with Gasteiger partial charge in [-0.1, -0.05) is 0 Å². The van der Waals surface area contributed by atoms with Crippen LogP contribution in [0.5, 0.6) is 0 Å². The molecule has 5 heteroatoms. The SMILES string of the molecule is C=[N+]([NH-])c1cccc([N+](=N)[NH-])c1. The lowest BCUT2D eigenvalue weighted by molar-refractivity contribution is -0.466. The molecule has 0 fully saturated rings. The quantitative estimate of drug-likeness (QED) is 0.301. The highest BCUT2D eigenvalue weighted by Gasteiger charge is 2.04. The predicted molar refractivity (Wildman–Crippen MR) is 44.8 cm³/mol. The van der Waals surface area contributed by atoms with Crippen molar-refractivity contribution in [1.82, 2.24) is 0 Å². The second-order valence-corrected chi connectivity index (χ2v) is 2.28.